The molecule has 0 spiro atoms. The molecule has 1 rings (SSSR count). The van der Waals surface area contributed by atoms with Crippen LogP contribution in [0.2, 0.25) is 0 Å². The highest BCUT2D eigenvalue weighted by Gasteiger charge is 2.27. The van der Waals surface area contributed by atoms with Crippen LogP contribution < -0.4 is 0 Å². The average Bonchev–Trinajstić information content (AvgIpc) is 2.27. The summed E-state index contributed by atoms with van der Waals surface area (Å²) in [7, 11) is 0. The number of carbonyl (C=O) groups excluding carboxylic acids is 1. The Hall–Kier alpha value is -0.280. The average molecular weight is 234 g/mol. The normalized spacial score (nSPS) is 22.5. The number of hydrogen-bond acceptors (Lipinski definition) is 2. The maximum Gasteiger partial charge on any atom is 0.240 e. The zero-order valence-corrected chi connectivity index (χ0v) is 10.2. The van der Waals surface area contributed by atoms with E-state index in [1.807, 2.05) is 18.7 Å². The van der Waals surface area contributed by atoms with Crippen molar-refractivity contribution in [2.75, 3.05) is 13.1 Å². The predicted molar refractivity (Wildman–Crippen MR) is 60.9 cm³/mol. The van der Waals surface area contributed by atoms with E-state index in [0.717, 1.165) is 25.9 Å². The number of aliphatic hydroxyl groups is 1. The molecule has 0 bridgehead atoms. The van der Waals surface area contributed by atoms with Gasteiger partial charge in [0, 0.05) is 13.1 Å². The van der Waals surface area contributed by atoms with Crippen molar-refractivity contribution in [1.29, 1.82) is 0 Å². The van der Waals surface area contributed by atoms with Gasteiger partial charge in [0.1, 0.15) is 5.38 Å². The predicted octanol–water partition coefficient (Wildman–Crippen LogP) is 1.62. The van der Waals surface area contributed by atoms with E-state index < -0.39 is 0 Å². The summed E-state index contributed by atoms with van der Waals surface area (Å²) >= 11 is 5.91. The Kier molecular flexibility index (Phi) is 4.87. The number of halogens is 1. The van der Waals surface area contributed by atoms with Gasteiger partial charge in [-0.05, 0) is 32.1 Å². The molecule has 88 valence electrons. The minimum atomic E-state index is -0.381. The minimum Gasteiger partial charge on any atom is -0.393 e. The smallest absolute Gasteiger partial charge is 0.240 e. The molecule has 0 aliphatic carbocycles. The van der Waals surface area contributed by atoms with E-state index in [1.54, 1.807) is 0 Å². The first-order valence-electron chi connectivity index (χ1n) is 5.67. The highest BCUT2D eigenvalue weighted by Crippen LogP contribution is 2.21. The quantitative estimate of drug-likeness (QED) is 0.753. The molecular weight excluding hydrogens is 214 g/mol. The molecule has 1 saturated heterocycles. The molecule has 0 aromatic heterocycles. The molecule has 1 heterocycles. The fraction of sp³-hybridized carbons (Fsp3) is 0.909. The number of likely N-dealkylation sites (tertiary alicyclic amines) is 1. The van der Waals surface area contributed by atoms with Gasteiger partial charge in [-0.25, -0.2) is 0 Å². The van der Waals surface area contributed by atoms with Gasteiger partial charge < -0.3 is 10.0 Å². The molecule has 0 radical (unpaired) electrons. The summed E-state index contributed by atoms with van der Waals surface area (Å²) in [6, 6.07) is 0. The summed E-state index contributed by atoms with van der Waals surface area (Å²) in [6.07, 6.45) is 2.18. The Bertz CT molecular complexity index is 213. The molecule has 3 nitrogen and oxygen atoms in total. The zero-order chi connectivity index (χ0) is 11.4. The van der Waals surface area contributed by atoms with Crippen LogP contribution in [0.15, 0.2) is 0 Å². The third-order valence-electron chi connectivity index (χ3n) is 3.16. The fourth-order valence-corrected chi connectivity index (χ4v) is 2.11. The Morgan fingerprint density at radius 3 is 2.47 bits per heavy atom. The van der Waals surface area contributed by atoms with Crippen LogP contribution in [0.4, 0.5) is 0 Å². The van der Waals surface area contributed by atoms with Crippen LogP contribution in [-0.2, 0) is 4.79 Å². The largest absolute Gasteiger partial charge is 0.393 e. The van der Waals surface area contributed by atoms with E-state index in [-0.39, 0.29) is 17.4 Å². The van der Waals surface area contributed by atoms with E-state index in [2.05, 4.69) is 0 Å². The van der Waals surface area contributed by atoms with E-state index in [9.17, 15) is 9.90 Å². The lowest BCUT2D eigenvalue weighted by molar-refractivity contribution is -0.132. The summed E-state index contributed by atoms with van der Waals surface area (Å²) in [4.78, 5) is 13.6. The van der Waals surface area contributed by atoms with Crippen LogP contribution in [0.5, 0.6) is 0 Å². The van der Waals surface area contributed by atoms with Gasteiger partial charge in [-0.15, -0.1) is 11.6 Å². The lowest BCUT2D eigenvalue weighted by Gasteiger charge is -2.34. The van der Waals surface area contributed by atoms with E-state index in [1.165, 1.54) is 0 Å². The fourth-order valence-electron chi connectivity index (χ4n) is 1.97. The molecule has 4 heteroatoms. The second-order valence-electron chi connectivity index (χ2n) is 4.28. The van der Waals surface area contributed by atoms with Gasteiger partial charge in [0.2, 0.25) is 5.91 Å². The molecule has 1 N–H and O–H groups in total. The number of hydrogen-bond donors (Lipinski definition) is 1. The number of aliphatic hydroxyl groups excluding tert-OH is 1. The number of piperidine rings is 1. The number of alkyl halides is 1. The highest BCUT2D eigenvalue weighted by atomic mass is 35.5. The minimum absolute atomic E-state index is 0.0446. The van der Waals surface area contributed by atoms with Crippen molar-refractivity contribution in [2.45, 2.75) is 44.6 Å². The molecule has 15 heavy (non-hydrogen) atoms. The lowest BCUT2D eigenvalue weighted by atomic mass is 9.92. The van der Waals surface area contributed by atoms with Crippen molar-refractivity contribution in [1.82, 2.24) is 4.90 Å². The van der Waals surface area contributed by atoms with Gasteiger partial charge in [-0.1, -0.05) is 6.92 Å². The van der Waals surface area contributed by atoms with Gasteiger partial charge in [0.15, 0.2) is 0 Å². The summed E-state index contributed by atoms with van der Waals surface area (Å²) in [5, 5.41) is 9.05. The van der Waals surface area contributed by atoms with Crippen molar-refractivity contribution in [3.05, 3.63) is 0 Å². The number of amides is 1. The standard InChI is InChI=1S/C11H20ClNO2/c1-3-10(12)11(15)13-6-4-9(5-7-13)8(2)14/h8-10,14H,3-7H2,1-2H3/t8-,10-/m0/s1. The molecular formula is C11H20ClNO2. The third kappa shape index (κ3) is 3.35. The number of carbonyl (C=O) groups is 1. The lowest BCUT2D eigenvalue weighted by Crippen LogP contribution is -2.43. The van der Waals surface area contributed by atoms with Crippen molar-refractivity contribution >= 4 is 17.5 Å². The zero-order valence-electron chi connectivity index (χ0n) is 9.45. The first-order chi connectivity index (χ1) is 7.06. The van der Waals surface area contributed by atoms with Gasteiger partial charge in [0.25, 0.3) is 0 Å². The number of rotatable bonds is 3. The Morgan fingerprint density at radius 1 is 1.53 bits per heavy atom. The number of nitrogens with zero attached hydrogens (tertiary/aromatic N) is 1. The van der Waals surface area contributed by atoms with Gasteiger partial charge in [-0.3, -0.25) is 4.79 Å². The van der Waals surface area contributed by atoms with Gasteiger partial charge in [-0.2, -0.15) is 0 Å². The van der Waals surface area contributed by atoms with E-state index in [0.29, 0.717) is 12.3 Å². The summed E-state index contributed by atoms with van der Waals surface area (Å²) in [5.74, 6) is 0.382. The SMILES string of the molecule is CC[C@H](Cl)C(=O)N1CCC([C@H](C)O)CC1. The summed E-state index contributed by atoms with van der Waals surface area (Å²) < 4.78 is 0. The first kappa shape index (κ1) is 12.8. The Labute approximate surface area is 96.4 Å². The van der Waals surface area contributed by atoms with Crippen LogP contribution in [0, 0.1) is 5.92 Å². The first-order valence-corrected chi connectivity index (χ1v) is 6.10. The molecule has 2 atom stereocenters. The molecule has 0 saturated carbocycles. The van der Waals surface area contributed by atoms with Crippen molar-refractivity contribution < 1.29 is 9.90 Å². The molecule has 1 fully saturated rings. The highest BCUT2D eigenvalue weighted by molar-refractivity contribution is 6.30. The van der Waals surface area contributed by atoms with Gasteiger partial charge in [0.05, 0.1) is 6.10 Å². The molecule has 0 aromatic rings. The van der Waals surface area contributed by atoms with Crippen molar-refractivity contribution in [2.24, 2.45) is 5.92 Å². The second-order valence-corrected chi connectivity index (χ2v) is 4.81. The molecule has 0 unspecified atom stereocenters. The van der Waals surface area contributed by atoms with Crippen LogP contribution >= 0.6 is 11.6 Å². The van der Waals surface area contributed by atoms with E-state index >= 15 is 0 Å². The Balaban J connectivity index is 2.40. The third-order valence-corrected chi connectivity index (χ3v) is 3.66. The van der Waals surface area contributed by atoms with Crippen LogP contribution in [-0.4, -0.2) is 40.5 Å². The molecule has 1 amide bonds. The Morgan fingerprint density at radius 2 is 2.07 bits per heavy atom. The van der Waals surface area contributed by atoms with Crippen LogP contribution in [0.1, 0.15) is 33.1 Å². The maximum absolute atomic E-state index is 11.7. The molecule has 0 aromatic carbocycles. The van der Waals surface area contributed by atoms with Crippen LogP contribution in [0.25, 0.3) is 0 Å². The topological polar surface area (TPSA) is 40.5 Å². The van der Waals surface area contributed by atoms with E-state index in [4.69, 9.17) is 11.6 Å². The monoisotopic (exact) mass is 233 g/mol. The molecule has 1 aliphatic rings. The molecule has 1 aliphatic heterocycles. The van der Waals surface area contributed by atoms with Gasteiger partial charge >= 0.3 is 0 Å². The second kappa shape index (κ2) is 5.71. The van der Waals surface area contributed by atoms with Crippen molar-refractivity contribution in [3.8, 4) is 0 Å². The summed E-state index contributed by atoms with van der Waals surface area (Å²) in [5.41, 5.74) is 0. The summed E-state index contributed by atoms with van der Waals surface area (Å²) in [6.45, 7) is 5.20. The van der Waals surface area contributed by atoms with Crippen LogP contribution in [0.3, 0.4) is 0 Å². The maximum atomic E-state index is 11.7. The van der Waals surface area contributed by atoms with Crippen molar-refractivity contribution in [3.63, 3.8) is 0 Å².